The molecule has 2 heterocycles. The molecule has 0 saturated heterocycles. The Kier molecular flexibility index (Phi) is 4.38. The number of fused-ring (bicyclic) bond motifs is 1. The summed E-state index contributed by atoms with van der Waals surface area (Å²) in [5.74, 6) is 0.812. The molecule has 1 aromatic carbocycles. The zero-order valence-electron chi connectivity index (χ0n) is 13.3. The van der Waals surface area contributed by atoms with Crippen LogP contribution in [-0.2, 0) is 11.3 Å². The van der Waals surface area contributed by atoms with Crippen LogP contribution in [0.1, 0.15) is 18.5 Å². The number of amides is 1. The summed E-state index contributed by atoms with van der Waals surface area (Å²) >= 11 is 0. The highest BCUT2D eigenvalue weighted by Gasteiger charge is 2.17. The molecule has 0 saturated carbocycles. The van der Waals surface area contributed by atoms with Crippen LogP contribution in [-0.4, -0.2) is 22.2 Å². The van der Waals surface area contributed by atoms with Gasteiger partial charge in [-0.3, -0.25) is 24.3 Å². The number of nitrogens with zero attached hydrogens (tertiary/aromatic N) is 2. The number of nitrogens with one attached hydrogen (secondary N) is 1. The highest BCUT2D eigenvalue weighted by atomic mass is 16.7. The van der Waals surface area contributed by atoms with Crippen LogP contribution in [0.3, 0.4) is 0 Å². The molecule has 0 radical (unpaired) electrons. The Morgan fingerprint density at radius 2 is 2.08 bits per heavy atom. The van der Waals surface area contributed by atoms with Gasteiger partial charge in [0.15, 0.2) is 11.5 Å². The maximum Gasteiger partial charge on any atom is 0.285 e. The molecule has 0 unspecified atom stereocenters. The molecule has 3 rings (SSSR count). The van der Waals surface area contributed by atoms with Crippen molar-refractivity contribution >= 4 is 11.6 Å². The summed E-state index contributed by atoms with van der Waals surface area (Å²) in [4.78, 5) is 34.1. The van der Waals surface area contributed by atoms with Gasteiger partial charge in [-0.1, -0.05) is 6.07 Å². The highest BCUT2D eigenvalue weighted by molar-refractivity contribution is 5.76. The van der Waals surface area contributed by atoms with Crippen molar-refractivity contribution in [2.24, 2.45) is 0 Å². The monoisotopic (exact) mass is 345 g/mol. The number of benzene rings is 1. The van der Waals surface area contributed by atoms with Gasteiger partial charge in [-0.25, -0.2) is 0 Å². The molecule has 25 heavy (non-hydrogen) atoms. The van der Waals surface area contributed by atoms with Crippen molar-refractivity contribution in [1.82, 2.24) is 9.88 Å². The summed E-state index contributed by atoms with van der Waals surface area (Å²) in [6.45, 7) is 1.64. The third-order valence-electron chi connectivity index (χ3n) is 3.77. The van der Waals surface area contributed by atoms with Gasteiger partial charge in [-0.05, 0) is 24.6 Å². The fourth-order valence-electron chi connectivity index (χ4n) is 2.46. The van der Waals surface area contributed by atoms with Crippen LogP contribution in [0.5, 0.6) is 11.5 Å². The normalized spacial score (nSPS) is 13.3. The summed E-state index contributed by atoms with van der Waals surface area (Å²) in [7, 11) is 0. The average Bonchev–Trinajstić information content (AvgIpc) is 3.04. The number of aromatic nitrogens is 1. The lowest BCUT2D eigenvalue weighted by atomic mass is 10.1. The minimum Gasteiger partial charge on any atom is -0.454 e. The molecule has 0 aliphatic carbocycles. The number of nitro groups is 1. The number of hydrogen-bond acceptors (Lipinski definition) is 6. The van der Waals surface area contributed by atoms with E-state index >= 15 is 0 Å². The molecular weight excluding hydrogens is 330 g/mol. The SMILES string of the molecule is C[C@H](NC(=O)Cn1cc([N+](=O)[O-])ccc1=O)c1ccc2c(c1)OCO2. The Balaban J connectivity index is 1.69. The van der Waals surface area contributed by atoms with Gasteiger partial charge in [0, 0.05) is 12.1 Å². The maximum atomic E-state index is 12.2. The van der Waals surface area contributed by atoms with E-state index in [0.29, 0.717) is 11.5 Å². The van der Waals surface area contributed by atoms with Crippen molar-refractivity contribution in [3.05, 3.63) is 62.6 Å². The molecule has 1 atom stereocenters. The molecule has 1 aliphatic heterocycles. The Morgan fingerprint density at radius 3 is 2.84 bits per heavy atom. The van der Waals surface area contributed by atoms with Gasteiger partial charge in [0.05, 0.1) is 17.2 Å². The predicted octanol–water partition coefficient (Wildman–Crippen LogP) is 1.36. The Hall–Kier alpha value is -3.36. The van der Waals surface area contributed by atoms with Crippen LogP contribution in [0, 0.1) is 10.1 Å². The van der Waals surface area contributed by atoms with Crippen LogP contribution in [0.2, 0.25) is 0 Å². The van der Waals surface area contributed by atoms with Crippen molar-refractivity contribution in [1.29, 1.82) is 0 Å². The van der Waals surface area contributed by atoms with Gasteiger partial charge in [0.1, 0.15) is 6.54 Å². The van der Waals surface area contributed by atoms with Crippen molar-refractivity contribution in [3.8, 4) is 11.5 Å². The largest absolute Gasteiger partial charge is 0.454 e. The first kappa shape index (κ1) is 16.5. The lowest BCUT2D eigenvalue weighted by Crippen LogP contribution is -2.33. The zero-order valence-corrected chi connectivity index (χ0v) is 13.3. The predicted molar refractivity (Wildman–Crippen MR) is 86.5 cm³/mol. The first-order valence-electron chi connectivity index (χ1n) is 7.48. The van der Waals surface area contributed by atoms with Crippen LogP contribution < -0.4 is 20.3 Å². The molecule has 9 nitrogen and oxygen atoms in total. The Labute approximate surface area is 141 Å². The number of hydrogen-bond donors (Lipinski definition) is 1. The van der Waals surface area contributed by atoms with Crippen molar-refractivity contribution in [3.63, 3.8) is 0 Å². The van der Waals surface area contributed by atoms with Crippen molar-refractivity contribution in [2.45, 2.75) is 19.5 Å². The van der Waals surface area contributed by atoms with Crippen LogP contribution in [0.4, 0.5) is 5.69 Å². The third-order valence-corrected chi connectivity index (χ3v) is 3.77. The minimum atomic E-state index is -0.622. The number of carbonyl (C=O) groups excluding carboxylic acids is 1. The lowest BCUT2D eigenvalue weighted by molar-refractivity contribution is -0.385. The number of rotatable bonds is 5. The minimum absolute atomic E-state index is 0.162. The molecule has 0 spiro atoms. The average molecular weight is 345 g/mol. The van der Waals surface area contributed by atoms with E-state index in [4.69, 9.17) is 9.47 Å². The fourth-order valence-corrected chi connectivity index (χ4v) is 2.46. The van der Waals surface area contributed by atoms with E-state index in [1.807, 2.05) is 0 Å². The molecule has 2 aromatic rings. The topological polar surface area (TPSA) is 113 Å². The van der Waals surface area contributed by atoms with Gasteiger partial charge < -0.3 is 14.8 Å². The van der Waals surface area contributed by atoms with Crippen molar-refractivity contribution in [2.75, 3.05) is 6.79 Å². The summed E-state index contributed by atoms with van der Waals surface area (Å²) in [6.07, 6.45) is 1.05. The van der Waals surface area contributed by atoms with Gasteiger partial charge >= 0.3 is 0 Å². The molecule has 1 N–H and O–H groups in total. The lowest BCUT2D eigenvalue weighted by Gasteiger charge is -2.15. The second-order valence-electron chi connectivity index (χ2n) is 5.51. The standard InChI is InChI=1S/C16H15N3O6/c1-10(11-2-4-13-14(6-11)25-9-24-13)17-15(20)8-18-7-12(19(22)23)3-5-16(18)21/h2-7,10H,8-9H2,1H3,(H,17,20)/t10-/m0/s1. The fraction of sp³-hybridized carbons (Fsp3) is 0.250. The Bertz CT molecular complexity index is 892. The van der Waals surface area contributed by atoms with E-state index in [9.17, 15) is 19.7 Å². The van der Waals surface area contributed by atoms with Crippen molar-refractivity contribution < 1.29 is 19.2 Å². The zero-order chi connectivity index (χ0) is 18.0. The molecular formula is C16H15N3O6. The highest BCUT2D eigenvalue weighted by Crippen LogP contribution is 2.34. The molecule has 0 fully saturated rings. The molecule has 1 amide bonds. The molecule has 0 bridgehead atoms. The first-order chi connectivity index (χ1) is 11.9. The quantitative estimate of drug-likeness (QED) is 0.647. The van der Waals surface area contributed by atoms with Crippen LogP contribution in [0.15, 0.2) is 41.3 Å². The van der Waals surface area contributed by atoms with E-state index in [2.05, 4.69) is 5.32 Å². The van der Waals surface area contributed by atoms with E-state index in [0.717, 1.165) is 28.5 Å². The van der Waals surface area contributed by atoms with Gasteiger partial charge in [0.25, 0.3) is 11.2 Å². The van der Waals surface area contributed by atoms with Crippen LogP contribution in [0.25, 0.3) is 0 Å². The Morgan fingerprint density at radius 1 is 1.32 bits per heavy atom. The second-order valence-corrected chi connectivity index (χ2v) is 5.51. The maximum absolute atomic E-state index is 12.2. The third kappa shape index (κ3) is 3.60. The summed E-state index contributed by atoms with van der Waals surface area (Å²) < 4.78 is 11.5. The second kappa shape index (κ2) is 6.63. The van der Waals surface area contributed by atoms with Gasteiger partial charge in [0.2, 0.25) is 12.7 Å². The molecule has 1 aromatic heterocycles. The van der Waals surface area contributed by atoms with Crippen LogP contribution >= 0.6 is 0 Å². The first-order valence-corrected chi connectivity index (χ1v) is 7.48. The number of ether oxygens (including phenoxy) is 2. The summed E-state index contributed by atoms with van der Waals surface area (Å²) in [6, 6.07) is 7.16. The number of carbonyl (C=O) groups is 1. The van der Waals surface area contributed by atoms with E-state index in [1.165, 1.54) is 0 Å². The van der Waals surface area contributed by atoms with Gasteiger partial charge in [-0.2, -0.15) is 0 Å². The molecule has 130 valence electrons. The number of pyridine rings is 1. The molecule has 9 heteroatoms. The van der Waals surface area contributed by atoms with E-state index in [1.54, 1.807) is 25.1 Å². The summed E-state index contributed by atoms with van der Waals surface area (Å²) in [5.41, 5.74) is 0.0664. The van der Waals surface area contributed by atoms with E-state index < -0.39 is 16.4 Å². The smallest absolute Gasteiger partial charge is 0.285 e. The summed E-state index contributed by atoms with van der Waals surface area (Å²) in [5, 5.41) is 13.5. The molecule has 1 aliphatic rings. The van der Waals surface area contributed by atoms with Gasteiger partial charge in [-0.15, -0.1) is 0 Å². The van der Waals surface area contributed by atoms with E-state index in [-0.39, 0.29) is 25.1 Å².